The third-order valence-corrected chi connectivity index (χ3v) is 1.97. The fraction of sp³-hybridized carbons (Fsp3) is 0.444. The van der Waals surface area contributed by atoms with Crippen molar-refractivity contribution in [3.8, 4) is 0 Å². The number of halogens is 3. The van der Waals surface area contributed by atoms with Gasteiger partial charge in [-0.3, -0.25) is 9.36 Å². The van der Waals surface area contributed by atoms with Crippen LogP contribution in [0.3, 0.4) is 0 Å². The van der Waals surface area contributed by atoms with Crippen molar-refractivity contribution in [1.29, 1.82) is 0 Å². The third kappa shape index (κ3) is 4.17. The van der Waals surface area contributed by atoms with Crippen molar-refractivity contribution < 1.29 is 23.1 Å². The molecule has 0 saturated heterocycles. The number of aliphatic hydroxyl groups is 1. The topological polar surface area (TPSA) is 84.2 Å². The lowest BCUT2D eigenvalue weighted by atomic mass is 10.3. The fourth-order valence-corrected chi connectivity index (χ4v) is 1.04. The SMILES string of the molecule is O=C(Cn1cccnc1=O)NCC(O)C(F)(F)F. The smallest absolute Gasteiger partial charge is 0.382 e. The number of hydrogen-bond donors (Lipinski definition) is 2. The number of aliphatic hydroxyl groups excluding tert-OH is 1. The lowest BCUT2D eigenvalue weighted by molar-refractivity contribution is -0.201. The maximum Gasteiger partial charge on any atom is 0.416 e. The number of alkyl halides is 3. The van der Waals surface area contributed by atoms with Gasteiger partial charge in [0.15, 0.2) is 6.10 Å². The van der Waals surface area contributed by atoms with Crippen LogP contribution in [0.2, 0.25) is 0 Å². The predicted molar refractivity (Wildman–Crippen MR) is 53.6 cm³/mol. The van der Waals surface area contributed by atoms with E-state index in [9.17, 15) is 22.8 Å². The third-order valence-electron chi connectivity index (χ3n) is 1.97. The Bertz CT molecular complexity index is 472. The number of amides is 1. The summed E-state index contributed by atoms with van der Waals surface area (Å²) in [4.78, 5) is 25.7. The van der Waals surface area contributed by atoms with Gasteiger partial charge in [-0.25, -0.2) is 9.78 Å². The monoisotopic (exact) mass is 265 g/mol. The average molecular weight is 265 g/mol. The lowest BCUT2D eigenvalue weighted by Crippen LogP contribution is -2.42. The van der Waals surface area contributed by atoms with E-state index in [1.165, 1.54) is 18.5 Å². The van der Waals surface area contributed by atoms with Crippen LogP contribution in [0.1, 0.15) is 0 Å². The van der Waals surface area contributed by atoms with Crippen molar-refractivity contribution in [3.63, 3.8) is 0 Å². The Labute approximate surface area is 99.1 Å². The molecule has 0 saturated carbocycles. The molecule has 0 fully saturated rings. The van der Waals surface area contributed by atoms with Crippen molar-refractivity contribution in [2.75, 3.05) is 6.54 Å². The van der Waals surface area contributed by atoms with Crippen LogP contribution in [0.15, 0.2) is 23.3 Å². The molecule has 0 bridgehead atoms. The summed E-state index contributed by atoms with van der Waals surface area (Å²) in [5, 5.41) is 10.5. The molecule has 100 valence electrons. The zero-order valence-electron chi connectivity index (χ0n) is 9.02. The van der Waals surface area contributed by atoms with Gasteiger partial charge in [0.2, 0.25) is 5.91 Å². The Morgan fingerprint density at radius 2 is 2.22 bits per heavy atom. The highest BCUT2D eigenvalue weighted by Gasteiger charge is 2.38. The van der Waals surface area contributed by atoms with E-state index in [1.54, 1.807) is 0 Å². The Morgan fingerprint density at radius 1 is 1.56 bits per heavy atom. The second-order valence-corrected chi connectivity index (χ2v) is 3.39. The molecule has 1 aromatic rings. The van der Waals surface area contributed by atoms with Gasteiger partial charge in [-0.05, 0) is 6.07 Å². The molecule has 1 rings (SSSR count). The first-order valence-electron chi connectivity index (χ1n) is 4.83. The first-order chi connectivity index (χ1) is 8.30. The van der Waals surface area contributed by atoms with Gasteiger partial charge in [0.05, 0.1) is 6.54 Å². The van der Waals surface area contributed by atoms with Crippen molar-refractivity contribution in [3.05, 3.63) is 28.9 Å². The van der Waals surface area contributed by atoms with Crippen LogP contribution in [0, 0.1) is 0 Å². The van der Waals surface area contributed by atoms with E-state index >= 15 is 0 Å². The van der Waals surface area contributed by atoms with E-state index in [4.69, 9.17) is 5.11 Å². The van der Waals surface area contributed by atoms with Crippen LogP contribution in [0.5, 0.6) is 0 Å². The van der Waals surface area contributed by atoms with Gasteiger partial charge in [-0.15, -0.1) is 0 Å². The summed E-state index contributed by atoms with van der Waals surface area (Å²) in [6.45, 7) is -1.42. The normalized spacial score (nSPS) is 13.1. The van der Waals surface area contributed by atoms with Crippen LogP contribution in [0.25, 0.3) is 0 Å². The fourth-order valence-electron chi connectivity index (χ4n) is 1.04. The van der Waals surface area contributed by atoms with Crippen molar-refractivity contribution in [1.82, 2.24) is 14.9 Å². The van der Waals surface area contributed by atoms with Crippen LogP contribution < -0.4 is 11.0 Å². The predicted octanol–water partition coefficient (Wildman–Crippen LogP) is -0.717. The van der Waals surface area contributed by atoms with E-state index in [0.29, 0.717) is 0 Å². The summed E-state index contributed by atoms with van der Waals surface area (Å²) in [5.74, 6) is -0.826. The van der Waals surface area contributed by atoms with E-state index in [1.807, 2.05) is 5.32 Å². The van der Waals surface area contributed by atoms with E-state index in [2.05, 4.69) is 4.98 Å². The van der Waals surface area contributed by atoms with Gasteiger partial charge in [-0.2, -0.15) is 13.2 Å². The summed E-state index contributed by atoms with van der Waals surface area (Å²) >= 11 is 0. The maximum atomic E-state index is 11.9. The molecule has 0 spiro atoms. The Balaban J connectivity index is 2.49. The number of nitrogens with zero attached hydrogens (tertiary/aromatic N) is 2. The van der Waals surface area contributed by atoms with Gasteiger partial charge in [0.1, 0.15) is 6.54 Å². The summed E-state index contributed by atoms with van der Waals surface area (Å²) in [6, 6.07) is 1.40. The lowest BCUT2D eigenvalue weighted by Gasteiger charge is -2.15. The number of carbonyl (C=O) groups is 1. The highest BCUT2D eigenvalue weighted by atomic mass is 19.4. The standard InChI is InChI=1S/C9H10F3N3O3/c10-9(11,12)6(16)4-14-7(17)5-15-3-1-2-13-8(15)18/h1-3,6,16H,4-5H2,(H,14,17). The molecule has 1 amide bonds. The number of aromatic nitrogens is 2. The van der Waals surface area contributed by atoms with Gasteiger partial charge in [-0.1, -0.05) is 0 Å². The quantitative estimate of drug-likeness (QED) is 0.752. The van der Waals surface area contributed by atoms with Crippen molar-refractivity contribution >= 4 is 5.91 Å². The molecular weight excluding hydrogens is 255 g/mol. The molecule has 0 aliphatic heterocycles. The minimum atomic E-state index is -4.79. The Morgan fingerprint density at radius 3 is 2.78 bits per heavy atom. The maximum absolute atomic E-state index is 11.9. The van der Waals surface area contributed by atoms with Crippen LogP contribution >= 0.6 is 0 Å². The van der Waals surface area contributed by atoms with E-state index in [-0.39, 0.29) is 0 Å². The highest BCUT2D eigenvalue weighted by molar-refractivity contribution is 5.75. The molecule has 6 nitrogen and oxygen atoms in total. The van der Waals surface area contributed by atoms with Gasteiger partial charge < -0.3 is 10.4 Å². The summed E-state index contributed by atoms with van der Waals surface area (Å²) < 4.78 is 36.7. The molecule has 18 heavy (non-hydrogen) atoms. The Kier molecular flexibility index (Phi) is 4.43. The molecule has 1 heterocycles. The largest absolute Gasteiger partial charge is 0.416 e. The van der Waals surface area contributed by atoms with Crippen LogP contribution in [0.4, 0.5) is 13.2 Å². The number of hydrogen-bond acceptors (Lipinski definition) is 4. The summed E-state index contributed by atoms with van der Waals surface area (Å²) in [5.41, 5.74) is -0.691. The molecular formula is C9H10F3N3O3. The number of nitrogens with one attached hydrogen (secondary N) is 1. The molecule has 1 aromatic heterocycles. The van der Waals surface area contributed by atoms with E-state index < -0.39 is 37.0 Å². The highest BCUT2D eigenvalue weighted by Crippen LogP contribution is 2.18. The number of rotatable bonds is 4. The minimum absolute atomic E-state index is 0.461. The Hall–Kier alpha value is -1.90. The van der Waals surface area contributed by atoms with Crippen molar-refractivity contribution in [2.24, 2.45) is 0 Å². The zero-order valence-corrected chi connectivity index (χ0v) is 9.02. The average Bonchev–Trinajstić information content (AvgIpc) is 2.27. The molecule has 9 heteroatoms. The van der Waals surface area contributed by atoms with E-state index in [0.717, 1.165) is 4.57 Å². The molecule has 1 unspecified atom stereocenters. The first-order valence-corrected chi connectivity index (χ1v) is 4.83. The number of carbonyl (C=O) groups excluding carboxylic acids is 1. The molecule has 0 radical (unpaired) electrons. The van der Waals surface area contributed by atoms with Gasteiger partial charge in [0, 0.05) is 12.4 Å². The second-order valence-electron chi connectivity index (χ2n) is 3.39. The van der Waals surface area contributed by atoms with Crippen LogP contribution in [-0.2, 0) is 11.3 Å². The summed E-state index contributed by atoms with van der Waals surface area (Å²) in [7, 11) is 0. The minimum Gasteiger partial charge on any atom is -0.382 e. The molecule has 0 aliphatic rings. The second kappa shape index (κ2) is 5.63. The molecule has 0 aromatic carbocycles. The van der Waals surface area contributed by atoms with Crippen LogP contribution in [-0.4, -0.2) is 39.4 Å². The molecule has 2 N–H and O–H groups in total. The van der Waals surface area contributed by atoms with Crippen molar-refractivity contribution in [2.45, 2.75) is 18.8 Å². The first kappa shape index (κ1) is 14.2. The summed E-state index contributed by atoms with van der Waals surface area (Å²) in [6.07, 6.45) is -4.93. The zero-order chi connectivity index (χ0) is 13.8. The van der Waals surface area contributed by atoms with Gasteiger partial charge >= 0.3 is 11.9 Å². The molecule has 0 aliphatic carbocycles. The van der Waals surface area contributed by atoms with Gasteiger partial charge in [0.25, 0.3) is 0 Å². The molecule has 1 atom stereocenters.